The van der Waals surface area contributed by atoms with E-state index in [4.69, 9.17) is 0 Å². The van der Waals surface area contributed by atoms with Crippen LogP contribution in [0, 0.1) is 6.92 Å². The summed E-state index contributed by atoms with van der Waals surface area (Å²) in [6, 6.07) is 11.0. The molecule has 1 N–H and O–H groups in total. The van der Waals surface area contributed by atoms with Gasteiger partial charge in [-0.3, -0.25) is 13.5 Å². The second kappa shape index (κ2) is 7.51. The van der Waals surface area contributed by atoms with Gasteiger partial charge in [0.05, 0.1) is 17.1 Å². The first-order valence-corrected chi connectivity index (χ1v) is 11.4. The van der Waals surface area contributed by atoms with Gasteiger partial charge in [-0.25, -0.2) is 13.4 Å². The largest absolute Gasteiger partial charge is 0.321 e. The molecule has 1 aliphatic rings. The zero-order chi connectivity index (χ0) is 20.6. The van der Waals surface area contributed by atoms with E-state index in [2.05, 4.69) is 10.3 Å². The normalized spacial score (nSPS) is 14.1. The SMILES string of the molecule is CCCS(=O)(=O)N1CCCc2cc(NC(=O)c3c(C)nc4ccccn34)ccc21. The molecule has 152 valence electrons. The lowest BCUT2D eigenvalue weighted by atomic mass is 10.0. The molecule has 3 heterocycles. The van der Waals surface area contributed by atoms with Gasteiger partial charge in [0, 0.05) is 18.4 Å². The van der Waals surface area contributed by atoms with E-state index < -0.39 is 10.0 Å². The number of hydrogen-bond acceptors (Lipinski definition) is 4. The first-order chi connectivity index (χ1) is 13.9. The zero-order valence-corrected chi connectivity index (χ0v) is 17.4. The van der Waals surface area contributed by atoms with Crippen LogP contribution in [0.4, 0.5) is 11.4 Å². The summed E-state index contributed by atoms with van der Waals surface area (Å²) in [6.45, 7) is 4.18. The van der Waals surface area contributed by atoms with E-state index in [1.807, 2.05) is 44.3 Å². The average Bonchev–Trinajstić information content (AvgIpc) is 3.03. The van der Waals surface area contributed by atoms with Crippen LogP contribution in [0.2, 0.25) is 0 Å². The van der Waals surface area contributed by atoms with Crippen molar-refractivity contribution >= 4 is 33.0 Å². The molecule has 1 amide bonds. The highest BCUT2D eigenvalue weighted by molar-refractivity contribution is 7.92. The molecule has 0 spiro atoms. The van der Waals surface area contributed by atoms with Gasteiger partial charge < -0.3 is 5.32 Å². The predicted molar refractivity (Wildman–Crippen MR) is 114 cm³/mol. The molecule has 3 aromatic rings. The maximum Gasteiger partial charge on any atom is 0.274 e. The maximum atomic E-state index is 12.9. The van der Waals surface area contributed by atoms with E-state index in [9.17, 15) is 13.2 Å². The Balaban J connectivity index is 1.63. The number of nitrogens with zero attached hydrogens (tertiary/aromatic N) is 3. The fourth-order valence-electron chi connectivity index (χ4n) is 3.87. The van der Waals surface area contributed by atoms with Crippen molar-refractivity contribution in [1.29, 1.82) is 0 Å². The monoisotopic (exact) mass is 412 g/mol. The Labute approximate surface area is 170 Å². The Morgan fingerprint density at radius 3 is 2.86 bits per heavy atom. The van der Waals surface area contributed by atoms with Crippen molar-refractivity contribution in [1.82, 2.24) is 9.38 Å². The molecular weight excluding hydrogens is 388 g/mol. The minimum Gasteiger partial charge on any atom is -0.321 e. The summed E-state index contributed by atoms with van der Waals surface area (Å²) in [5, 5.41) is 2.94. The Morgan fingerprint density at radius 2 is 2.07 bits per heavy atom. The van der Waals surface area contributed by atoms with Gasteiger partial charge in [0.1, 0.15) is 11.3 Å². The molecule has 2 aromatic heterocycles. The Bertz CT molecular complexity index is 1180. The molecule has 0 bridgehead atoms. The van der Waals surface area contributed by atoms with Gasteiger partial charge >= 0.3 is 0 Å². The molecule has 1 aliphatic heterocycles. The summed E-state index contributed by atoms with van der Waals surface area (Å²) in [4.78, 5) is 17.3. The lowest BCUT2D eigenvalue weighted by Crippen LogP contribution is -2.37. The molecule has 7 nitrogen and oxygen atoms in total. The highest BCUT2D eigenvalue weighted by Gasteiger charge is 2.27. The van der Waals surface area contributed by atoms with Crippen molar-refractivity contribution in [2.24, 2.45) is 0 Å². The number of anilines is 2. The number of sulfonamides is 1. The summed E-state index contributed by atoms with van der Waals surface area (Å²) >= 11 is 0. The van der Waals surface area contributed by atoms with Crippen LogP contribution in [0.5, 0.6) is 0 Å². The molecule has 0 unspecified atom stereocenters. The second-order valence-electron chi connectivity index (χ2n) is 7.26. The van der Waals surface area contributed by atoms with Crippen LogP contribution in [-0.4, -0.2) is 36.0 Å². The summed E-state index contributed by atoms with van der Waals surface area (Å²) in [7, 11) is -3.31. The molecule has 29 heavy (non-hydrogen) atoms. The van der Waals surface area contributed by atoms with Gasteiger partial charge in [0.25, 0.3) is 5.91 Å². The number of benzene rings is 1. The first-order valence-electron chi connectivity index (χ1n) is 9.79. The third-order valence-corrected chi connectivity index (χ3v) is 7.11. The van der Waals surface area contributed by atoms with Crippen molar-refractivity contribution in [3.05, 3.63) is 59.5 Å². The standard InChI is InChI=1S/C21H24N4O3S/c1-3-13-29(27,28)25-12-6-7-16-14-17(9-10-18(16)25)23-21(26)20-15(2)22-19-8-4-5-11-24(19)20/h4-5,8-11,14H,3,6-7,12-13H2,1-2H3,(H,23,26). The van der Waals surface area contributed by atoms with E-state index in [1.54, 1.807) is 16.5 Å². The van der Waals surface area contributed by atoms with Crippen molar-refractivity contribution in [3.63, 3.8) is 0 Å². The molecule has 4 rings (SSSR count). The van der Waals surface area contributed by atoms with Crippen molar-refractivity contribution in [3.8, 4) is 0 Å². The Morgan fingerprint density at radius 1 is 1.24 bits per heavy atom. The molecule has 8 heteroatoms. The number of nitrogens with one attached hydrogen (secondary N) is 1. The predicted octanol–water partition coefficient (Wildman–Crippen LogP) is 3.39. The van der Waals surface area contributed by atoms with E-state index in [1.165, 1.54) is 4.31 Å². The maximum absolute atomic E-state index is 12.9. The quantitative estimate of drug-likeness (QED) is 0.696. The number of fused-ring (bicyclic) bond motifs is 2. The number of carbonyl (C=O) groups is 1. The summed E-state index contributed by atoms with van der Waals surface area (Å²) in [5.41, 5.74) is 4.16. The fraction of sp³-hybridized carbons (Fsp3) is 0.333. The van der Waals surface area contributed by atoms with Gasteiger partial charge in [-0.1, -0.05) is 13.0 Å². The third kappa shape index (κ3) is 3.60. The second-order valence-corrected chi connectivity index (χ2v) is 9.28. The number of hydrogen-bond donors (Lipinski definition) is 1. The van der Waals surface area contributed by atoms with Crippen LogP contribution in [0.3, 0.4) is 0 Å². The van der Waals surface area contributed by atoms with Crippen LogP contribution < -0.4 is 9.62 Å². The van der Waals surface area contributed by atoms with Crippen LogP contribution in [-0.2, 0) is 16.4 Å². The number of rotatable bonds is 5. The van der Waals surface area contributed by atoms with Crippen LogP contribution in [0.25, 0.3) is 5.65 Å². The van der Waals surface area contributed by atoms with Crippen molar-refractivity contribution in [2.75, 3.05) is 21.9 Å². The summed E-state index contributed by atoms with van der Waals surface area (Å²) < 4.78 is 28.4. The summed E-state index contributed by atoms with van der Waals surface area (Å²) in [5.74, 6) is -0.106. The number of imidazole rings is 1. The van der Waals surface area contributed by atoms with E-state index >= 15 is 0 Å². The number of aromatic nitrogens is 2. The van der Waals surface area contributed by atoms with Gasteiger partial charge in [-0.15, -0.1) is 0 Å². The van der Waals surface area contributed by atoms with Gasteiger partial charge in [-0.05, 0) is 62.1 Å². The molecule has 0 radical (unpaired) electrons. The van der Waals surface area contributed by atoms with E-state index in [0.717, 1.165) is 24.1 Å². The van der Waals surface area contributed by atoms with Crippen LogP contribution in [0.15, 0.2) is 42.6 Å². The Kier molecular flexibility index (Phi) is 5.04. The molecule has 0 fully saturated rings. The highest BCUT2D eigenvalue weighted by atomic mass is 32.2. The topological polar surface area (TPSA) is 83.8 Å². The summed E-state index contributed by atoms with van der Waals surface area (Å²) in [6.07, 6.45) is 3.94. The number of pyridine rings is 1. The molecule has 0 aliphatic carbocycles. The molecular formula is C21H24N4O3S. The number of aryl methyl sites for hydroxylation is 2. The average molecular weight is 413 g/mol. The van der Waals surface area contributed by atoms with Crippen LogP contribution >= 0.6 is 0 Å². The molecule has 0 atom stereocenters. The molecule has 0 saturated carbocycles. The third-order valence-electron chi connectivity index (χ3n) is 5.13. The zero-order valence-electron chi connectivity index (χ0n) is 16.6. The van der Waals surface area contributed by atoms with Crippen LogP contribution in [0.1, 0.15) is 41.5 Å². The van der Waals surface area contributed by atoms with Gasteiger partial charge in [-0.2, -0.15) is 0 Å². The lowest BCUT2D eigenvalue weighted by Gasteiger charge is -2.30. The van der Waals surface area contributed by atoms with Gasteiger partial charge in [0.2, 0.25) is 10.0 Å². The minimum absolute atomic E-state index is 0.137. The molecule has 0 saturated heterocycles. The van der Waals surface area contributed by atoms with Gasteiger partial charge in [0.15, 0.2) is 0 Å². The number of carbonyl (C=O) groups excluding carboxylic acids is 1. The van der Waals surface area contributed by atoms with Crippen molar-refractivity contribution < 1.29 is 13.2 Å². The fourth-order valence-corrected chi connectivity index (χ4v) is 5.50. The minimum atomic E-state index is -3.31. The van der Waals surface area contributed by atoms with E-state index in [-0.39, 0.29) is 11.7 Å². The van der Waals surface area contributed by atoms with E-state index in [0.29, 0.717) is 35.7 Å². The van der Waals surface area contributed by atoms with Crippen molar-refractivity contribution in [2.45, 2.75) is 33.1 Å². The smallest absolute Gasteiger partial charge is 0.274 e. The highest BCUT2D eigenvalue weighted by Crippen LogP contribution is 2.32. The first kappa shape index (κ1) is 19.4. The Hall–Kier alpha value is -2.87. The lowest BCUT2D eigenvalue weighted by molar-refractivity contribution is 0.102. The molecule has 1 aromatic carbocycles. The number of amides is 1.